The van der Waals surface area contributed by atoms with Gasteiger partial charge in [0.15, 0.2) is 0 Å². The van der Waals surface area contributed by atoms with Crippen LogP contribution in [0.25, 0.3) is 0 Å². The van der Waals surface area contributed by atoms with Crippen LogP contribution < -0.4 is 0 Å². The van der Waals surface area contributed by atoms with Crippen LogP contribution in [-0.2, 0) is 10.8 Å². The second-order valence-electron chi connectivity index (χ2n) is 3.44. The van der Waals surface area contributed by atoms with Crippen molar-refractivity contribution in [2.45, 2.75) is 33.1 Å². The first-order valence-electron chi connectivity index (χ1n) is 4.62. The van der Waals surface area contributed by atoms with Crippen LogP contribution in [0.1, 0.15) is 33.1 Å². The lowest BCUT2D eigenvalue weighted by Crippen LogP contribution is -2.28. The van der Waals surface area contributed by atoms with Crippen molar-refractivity contribution in [3.05, 3.63) is 0 Å². The minimum absolute atomic E-state index is 0.492. The third-order valence-electron chi connectivity index (χ3n) is 2.83. The summed E-state index contributed by atoms with van der Waals surface area (Å²) in [5.74, 6) is 3.52. The molecule has 1 fully saturated rings. The van der Waals surface area contributed by atoms with E-state index < -0.39 is 10.8 Å². The van der Waals surface area contributed by atoms with Crippen LogP contribution in [0.15, 0.2) is 0 Å². The second kappa shape index (κ2) is 4.24. The van der Waals surface area contributed by atoms with E-state index >= 15 is 0 Å². The monoisotopic (exact) mass is 174 g/mol. The lowest BCUT2D eigenvalue weighted by molar-refractivity contribution is 0.323. The van der Waals surface area contributed by atoms with Gasteiger partial charge in [-0.1, -0.05) is 26.7 Å². The molecule has 0 N–H and O–H groups in total. The largest absolute Gasteiger partial charge is 0.260 e. The SMILES string of the molecule is CCC1CCS(=O)CC1CC. The van der Waals surface area contributed by atoms with Gasteiger partial charge in [0, 0.05) is 22.3 Å². The molecular weight excluding hydrogens is 156 g/mol. The minimum atomic E-state index is -0.492. The molecule has 66 valence electrons. The quantitative estimate of drug-likeness (QED) is 0.627. The minimum Gasteiger partial charge on any atom is -0.260 e. The molecule has 2 heteroatoms. The molecule has 1 saturated heterocycles. The fourth-order valence-electron chi connectivity index (χ4n) is 1.97. The van der Waals surface area contributed by atoms with Gasteiger partial charge < -0.3 is 0 Å². The van der Waals surface area contributed by atoms with Crippen LogP contribution in [0, 0.1) is 11.8 Å². The lowest BCUT2D eigenvalue weighted by Gasteiger charge is -2.29. The topological polar surface area (TPSA) is 17.1 Å². The van der Waals surface area contributed by atoms with Gasteiger partial charge in [0.1, 0.15) is 0 Å². The fraction of sp³-hybridized carbons (Fsp3) is 1.00. The first kappa shape index (κ1) is 9.24. The average Bonchev–Trinajstić information content (AvgIpc) is 2.04. The van der Waals surface area contributed by atoms with E-state index in [1.54, 1.807) is 0 Å². The summed E-state index contributed by atoms with van der Waals surface area (Å²) in [4.78, 5) is 0. The van der Waals surface area contributed by atoms with E-state index in [-0.39, 0.29) is 0 Å². The molecule has 0 aromatic rings. The van der Waals surface area contributed by atoms with Crippen LogP contribution in [0.2, 0.25) is 0 Å². The van der Waals surface area contributed by atoms with Crippen LogP contribution in [0.4, 0.5) is 0 Å². The molecule has 0 radical (unpaired) electrons. The predicted octanol–water partition coefficient (Wildman–Crippen LogP) is 2.19. The molecule has 1 rings (SSSR count). The van der Waals surface area contributed by atoms with Gasteiger partial charge >= 0.3 is 0 Å². The van der Waals surface area contributed by atoms with Gasteiger partial charge in [-0.3, -0.25) is 4.21 Å². The van der Waals surface area contributed by atoms with Crippen molar-refractivity contribution in [2.75, 3.05) is 11.5 Å². The van der Waals surface area contributed by atoms with Crippen LogP contribution in [-0.4, -0.2) is 15.7 Å². The molecule has 1 nitrogen and oxygen atoms in total. The summed E-state index contributed by atoms with van der Waals surface area (Å²) in [7, 11) is -0.492. The summed E-state index contributed by atoms with van der Waals surface area (Å²) >= 11 is 0. The van der Waals surface area contributed by atoms with Crippen molar-refractivity contribution in [1.29, 1.82) is 0 Å². The Morgan fingerprint density at radius 2 is 1.91 bits per heavy atom. The van der Waals surface area contributed by atoms with Gasteiger partial charge in [0.05, 0.1) is 0 Å². The number of rotatable bonds is 2. The molecule has 0 spiro atoms. The second-order valence-corrected chi connectivity index (χ2v) is 5.06. The van der Waals surface area contributed by atoms with Crippen molar-refractivity contribution >= 4 is 10.8 Å². The third kappa shape index (κ3) is 2.29. The normalized spacial score (nSPS) is 38.9. The molecule has 11 heavy (non-hydrogen) atoms. The molecule has 1 aliphatic heterocycles. The van der Waals surface area contributed by atoms with E-state index in [9.17, 15) is 4.21 Å². The summed E-state index contributed by atoms with van der Waals surface area (Å²) in [6.07, 6.45) is 3.68. The Hall–Kier alpha value is 0.150. The van der Waals surface area contributed by atoms with E-state index in [0.29, 0.717) is 0 Å². The van der Waals surface area contributed by atoms with Crippen molar-refractivity contribution < 1.29 is 4.21 Å². The van der Waals surface area contributed by atoms with Gasteiger partial charge in [0.2, 0.25) is 0 Å². The van der Waals surface area contributed by atoms with E-state index in [4.69, 9.17) is 0 Å². The van der Waals surface area contributed by atoms with Crippen LogP contribution in [0.3, 0.4) is 0 Å². The zero-order valence-corrected chi connectivity index (χ0v) is 8.32. The number of hydrogen-bond acceptors (Lipinski definition) is 1. The van der Waals surface area contributed by atoms with Crippen molar-refractivity contribution in [3.63, 3.8) is 0 Å². The highest BCUT2D eigenvalue weighted by atomic mass is 32.2. The zero-order valence-electron chi connectivity index (χ0n) is 7.51. The third-order valence-corrected chi connectivity index (χ3v) is 4.32. The molecular formula is C9H18OS. The fourth-order valence-corrected chi connectivity index (χ4v) is 3.68. The Kier molecular flexibility index (Phi) is 3.57. The predicted molar refractivity (Wildman–Crippen MR) is 50.1 cm³/mol. The summed E-state index contributed by atoms with van der Waals surface area (Å²) in [6.45, 7) is 4.47. The molecule has 1 heterocycles. The highest BCUT2D eigenvalue weighted by molar-refractivity contribution is 7.85. The van der Waals surface area contributed by atoms with Crippen molar-refractivity contribution in [3.8, 4) is 0 Å². The Labute approximate surface area is 72.0 Å². The Morgan fingerprint density at radius 3 is 2.45 bits per heavy atom. The van der Waals surface area contributed by atoms with Crippen molar-refractivity contribution in [1.82, 2.24) is 0 Å². The van der Waals surface area contributed by atoms with Crippen LogP contribution in [0.5, 0.6) is 0 Å². The van der Waals surface area contributed by atoms with Gasteiger partial charge in [0.25, 0.3) is 0 Å². The molecule has 0 amide bonds. The molecule has 0 aliphatic carbocycles. The van der Waals surface area contributed by atoms with E-state index in [1.807, 2.05) is 0 Å². The number of hydrogen-bond donors (Lipinski definition) is 0. The molecule has 0 aromatic heterocycles. The van der Waals surface area contributed by atoms with Crippen molar-refractivity contribution in [2.24, 2.45) is 11.8 Å². The molecule has 1 aliphatic rings. The smallest absolute Gasteiger partial charge is 0.0265 e. The van der Waals surface area contributed by atoms with E-state index in [2.05, 4.69) is 13.8 Å². The molecule has 0 saturated carbocycles. The van der Waals surface area contributed by atoms with E-state index in [1.165, 1.54) is 19.3 Å². The van der Waals surface area contributed by atoms with Crippen LogP contribution >= 0.6 is 0 Å². The summed E-state index contributed by atoms with van der Waals surface area (Å²) in [5, 5.41) is 0. The average molecular weight is 174 g/mol. The van der Waals surface area contributed by atoms with Gasteiger partial charge in [-0.25, -0.2) is 0 Å². The standard InChI is InChI=1S/C9H18OS/c1-3-8-5-6-11(10)7-9(8)4-2/h8-9H,3-7H2,1-2H3. The maximum Gasteiger partial charge on any atom is 0.0265 e. The maximum atomic E-state index is 11.2. The summed E-state index contributed by atoms with van der Waals surface area (Å²) in [5.41, 5.74) is 0. The lowest BCUT2D eigenvalue weighted by atomic mass is 9.87. The molecule has 0 aromatic carbocycles. The summed E-state index contributed by atoms with van der Waals surface area (Å²) < 4.78 is 11.2. The molecule has 3 atom stereocenters. The highest BCUT2D eigenvalue weighted by Crippen LogP contribution is 2.28. The van der Waals surface area contributed by atoms with Gasteiger partial charge in [-0.05, 0) is 18.3 Å². The Balaban J connectivity index is 2.48. The first-order valence-corrected chi connectivity index (χ1v) is 6.11. The Morgan fingerprint density at radius 1 is 1.27 bits per heavy atom. The Bertz CT molecular complexity index is 144. The molecule has 0 bridgehead atoms. The maximum absolute atomic E-state index is 11.2. The van der Waals surface area contributed by atoms with Gasteiger partial charge in [-0.2, -0.15) is 0 Å². The van der Waals surface area contributed by atoms with E-state index in [0.717, 1.165) is 23.3 Å². The van der Waals surface area contributed by atoms with Gasteiger partial charge in [-0.15, -0.1) is 0 Å². The molecule has 3 unspecified atom stereocenters. The first-order chi connectivity index (χ1) is 5.27. The zero-order chi connectivity index (χ0) is 8.27. The highest BCUT2D eigenvalue weighted by Gasteiger charge is 2.25. The summed E-state index contributed by atoms with van der Waals surface area (Å²) in [6, 6.07) is 0.